The fourth-order valence-corrected chi connectivity index (χ4v) is 2.98. The second-order valence-corrected chi connectivity index (χ2v) is 5.90. The Kier molecular flexibility index (Phi) is 3.85. The van der Waals surface area contributed by atoms with E-state index in [-0.39, 0.29) is 5.82 Å². The van der Waals surface area contributed by atoms with E-state index in [4.69, 9.17) is 11.6 Å². The van der Waals surface area contributed by atoms with Crippen LogP contribution in [0.5, 0.6) is 0 Å². The highest BCUT2D eigenvalue weighted by atomic mass is 35.5. The van der Waals surface area contributed by atoms with Gasteiger partial charge in [-0.05, 0) is 42.3 Å². The zero-order chi connectivity index (χ0) is 13.9. The Morgan fingerprint density at radius 1 is 1.15 bits per heavy atom. The number of fused-ring (bicyclic) bond motifs is 1. The van der Waals surface area contributed by atoms with Crippen molar-refractivity contribution >= 4 is 38.3 Å². The summed E-state index contributed by atoms with van der Waals surface area (Å²) in [7, 11) is 0. The predicted molar refractivity (Wildman–Crippen MR) is 83.2 cm³/mol. The third kappa shape index (κ3) is 3.08. The van der Waals surface area contributed by atoms with E-state index >= 15 is 0 Å². The monoisotopic (exact) mass is 306 g/mol. The molecule has 5 heteroatoms. The summed E-state index contributed by atoms with van der Waals surface area (Å²) in [6, 6.07) is 12.3. The summed E-state index contributed by atoms with van der Waals surface area (Å²) in [5, 5.41) is 4.86. The van der Waals surface area contributed by atoms with Crippen molar-refractivity contribution in [3.63, 3.8) is 0 Å². The lowest BCUT2D eigenvalue weighted by atomic mass is 10.1. The zero-order valence-electron chi connectivity index (χ0n) is 10.6. The van der Waals surface area contributed by atoms with Crippen molar-refractivity contribution in [2.45, 2.75) is 6.42 Å². The number of aromatic nitrogens is 1. The highest BCUT2D eigenvalue weighted by Crippen LogP contribution is 2.27. The van der Waals surface area contributed by atoms with Gasteiger partial charge in [-0.15, -0.1) is 0 Å². The van der Waals surface area contributed by atoms with Crippen LogP contribution in [0, 0.1) is 5.82 Å². The molecule has 0 bridgehead atoms. The first kappa shape index (κ1) is 13.3. The summed E-state index contributed by atoms with van der Waals surface area (Å²) >= 11 is 7.54. The van der Waals surface area contributed by atoms with Gasteiger partial charge < -0.3 is 5.32 Å². The molecule has 0 atom stereocenters. The quantitative estimate of drug-likeness (QED) is 0.753. The lowest BCUT2D eigenvalue weighted by molar-refractivity contribution is 0.627. The standard InChI is InChI=1S/C15H12ClFN2S/c16-11-3-6-14-13(9-11)19-15(20-14)18-8-7-10-1-4-12(17)5-2-10/h1-6,9H,7-8H2,(H,18,19). The third-order valence-corrected chi connectivity index (χ3v) is 4.18. The van der Waals surface area contributed by atoms with Gasteiger partial charge in [0.2, 0.25) is 0 Å². The number of thiazole rings is 1. The molecule has 0 radical (unpaired) electrons. The van der Waals surface area contributed by atoms with Crippen molar-refractivity contribution in [1.82, 2.24) is 4.98 Å². The highest BCUT2D eigenvalue weighted by molar-refractivity contribution is 7.22. The third-order valence-electron chi connectivity index (χ3n) is 2.95. The summed E-state index contributed by atoms with van der Waals surface area (Å²) in [5.74, 6) is -0.204. The summed E-state index contributed by atoms with van der Waals surface area (Å²) < 4.78 is 13.9. The van der Waals surface area contributed by atoms with Crippen molar-refractivity contribution < 1.29 is 4.39 Å². The predicted octanol–water partition coefficient (Wildman–Crippen LogP) is 4.74. The van der Waals surface area contributed by atoms with Crippen molar-refractivity contribution in [3.05, 3.63) is 58.9 Å². The number of nitrogens with zero attached hydrogens (tertiary/aromatic N) is 1. The minimum absolute atomic E-state index is 0.204. The molecule has 0 aliphatic heterocycles. The van der Waals surface area contributed by atoms with E-state index in [0.717, 1.165) is 33.9 Å². The fraction of sp³-hybridized carbons (Fsp3) is 0.133. The van der Waals surface area contributed by atoms with Gasteiger partial charge in [0, 0.05) is 11.6 Å². The molecule has 0 spiro atoms. The molecule has 102 valence electrons. The number of benzene rings is 2. The van der Waals surface area contributed by atoms with Crippen molar-refractivity contribution in [2.75, 3.05) is 11.9 Å². The van der Waals surface area contributed by atoms with Gasteiger partial charge in [-0.1, -0.05) is 35.1 Å². The van der Waals surface area contributed by atoms with Crippen LogP contribution in [-0.4, -0.2) is 11.5 Å². The first-order valence-electron chi connectivity index (χ1n) is 6.25. The second kappa shape index (κ2) is 5.77. The fourth-order valence-electron chi connectivity index (χ4n) is 1.94. The van der Waals surface area contributed by atoms with E-state index in [2.05, 4.69) is 10.3 Å². The van der Waals surface area contributed by atoms with Crippen LogP contribution in [0.25, 0.3) is 10.2 Å². The van der Waals surface area contributed by atoms with Crippen LogP contribution < -0.4 is 5.32 Å². The molecule has 2 nitrogen and oxygen atoms in total. The molecule has 0 aliphatic carbocycles. The summed E-state index contributed by atoms with van der Waals surface area (Å²) in [4.78, 5) is 4.48. The lowest BCUT2D eigenvalue weighted by Crippen LogP contribution is -2.04. The van der Waals surface area contributed by atoms with Gasteiger partial charge in [-0.25, -0.2) is 9.37 Å². The summed E-state index contributed by atoms with van der Waals surface area (Å²) in [6.45, 7) is 0.763. The Labute approximate surface area is 125 Å². The van der Waals surface area contributed by atoms with E-state index in [1.54, 1.807) is 23.5 Å². The molecule has 1 heterocycles. The molecule has 0 amide bonds. The van der Waals surface area contributed by atoms with Crippen LogP contribution in [0.2, 0.25) is 5.02 Å². The average molecular weight is 307 g/mol. The van der Waals surface area contributed by atoms with E-state index in [1.807, 2.05) is 18.2 Å². The van der Waals surface area contributed by atoms with Crippen molar-refractivity contribution in [1.29, 1.82) is 0 Å². The minimum atomic E-state index is -0.204. The number of halogens is 2. The Balaban J connectivity index is 1.63. The van der Waals surface area contributed by atoms with Gasteiger partial charge in [0.1, 0.15) is 5.82 Å². The molecule has 3 aromatic rings. The summed E-state index contributed by atoms with van der Waals surface area (Å²) in [5.41, 5.74) is 2.01. The molecule has 0 aliphatic rings. The maximum Gasteiger partial charge on any atom is 0.183 e. The molecule has 2 aromatic carbocycles. The van der Waals surface area contributed by atoms with E-state index in [9.17, 15) is 4.39 Å². The highest BCUT2D eigenvalue weighted by Gasteiger charge is 2.03. The average Bonchev–Trinajstić information content (AvgIpc) is 2.83. The van der Waals surface area contributed by atoms with Gasteiger partial charge in [0.15, 0.2) is 5.13 Å². The molecular weight excluding hydrogens is 295 g/mol. The molecule has 0 unspecified atom stereocenters. The topological polar surface area (TPSA) is 24.9 Å². The maximum atomic E-state index is 12.8. The van der Waals surface area contributed by atoms with Crippen LogP contribution >= 0.6 is 22.9 Å². The van der Waals surface area contributed by atoms with Gasteiger partial charge in [-0.3, -0.25) is 0 Å². The summed E-state index contributed by atoms with van der Waals surface area (Å²) in [6.07, 6.45) is 0.830. The molecule has 20 heavy (non-hydrogen) atoms. The van der Waals surface area contributed by atoms with Crippen LogP contribution in [0.3, 0.4) is 0 Å². The van der Waals surface area contributed by atoms with Crippen molar-refractivity contribution in [3.8, 4) is 0 Å². The number of hydrogen-bond acceptors (Lipinski definition) is 3. The zero-order valence-corrected chi connectivity index (χ0v) is 12.1. The Bertz CT molecular complexity index is 724. The molecular formula is C15H12ClFN2S. The van der Waals surface area contributed by atoms with Crippen LogP contribution in [0.15, 0.2) is 42.5 Å². The van der Waals surface area contributed by atoms with Gasteiger partial charge >= 0.3 is 0 Å². The maximum absolute atomic E-state index is 12.8. The number of anilines is 1. The van der Waals surface area contributed by atoms with Crippen LogP contribution in [0.1, 0.15) is 5.56 Å². The minimum Gasteiger partial charge on any atom is -0.361 e. The Hall–Kier alpha value is -1.65. The van der Waals surface area contributed by atoms with E-state index in [0.29, 0.717) is 5.02 Å². The number of rotatable bonds is 4. The molecule has 1 N–H and O–H groups in total. The van der Waals surface area contributed by atoms with Crippen LogP contribution in [-0.2, 0) is 6.42 Å². The van der Waals surface area contributed by atoms with Gasteiger partial charge in [0.05, 0.1) is 10.2 Å². The normalized spacial score (nSPS) is 10.9. The molecule has 0 saturated carbocycles. The number of hydrogen-bond donors (Lipinski definition) is 1. The van der Waals surface area contributed by atoms with Gasteiger partial charge in [0.25, 0.3) is 0 Å². The Morgan fingerprint density at radius 2 is 1.95 bits per heavy atom. The largest absolute Gasteiger partial charge is 0.361 e. The van der Waals surface area contributed by atoms with E-state index < -0.39 is 0 Å². The van der Waals surface area contributed by atoms with E-state index in [1.165, 1.54) is 12.1 Å². The first-order valence-corrected chi connectivity index (χ1v) is 7.44. The molecule has 3 rings (SSSR count). The lowest BCUT2D eigenvalue weighted by Gasteiger charge is -2.02. The molecule has 1 aromatic heterocycles. The van der Waals surface area contributed by atoms with Crippen LogP contribution in [0.4, 0.5) is 9.52 Å². The van der Waals surface area contributed by atoms with Gasteiger partial charge in [-0.2, -0.15) is 0 Å². The van der Waals surface area contributed by atoms with Crippen molar-refractivity contribution in [2.24, 2.45) is 0 Å². The number of nitrogens with one attached hydrogen (secondary N) is 1. The molecule has 0 saturated heterocycles. The Morgan fingerprint density at radius 3 is 2.75 bits per heavy atom. The molecule has 0 fully saturated rings. The second-order valence-electron chi connectivity index (χ2n) is 4.43. The smallest absolute Gasteiger partial charge is 0.183 e. The SMILES string of the molecule is Fc1ccc(CCNc2nc3cc(Cl)ccc3s2)cc1. The first-order chi connectivity index (χ1) is 9.70.